The molecule has 0 aromatic carbocycles. The van der Waals surface area contributed by atoms with Crippen LogP contribution >= 0.6 is 0 Å². The zero-order chi connectivity index (χ0) is 19.0. The summed E-state index contributed by atoms with van der Waals surface area (Å²) < 4.78 is 0. The average molecular weight is 357 g/mol. The van der Waals surface area contributed by atoms with E-state index in [1.807, 2.05) is 48.7 Å². The molecule has 0 aromatic heterocycles. The van der Waals surface area contributed by atoms with Gasteiger partial charge in [-0.2, -0.15) is 0 Å². The van der Waals surface area contributed by atoms with E-state index in [0.717, 1.165) is 6.54 Å². The Balaban J connectivity index is 3.51. The molecule has 0 aliphatic rings. The van der Waals surface area contributed by atoms with Gasteiger partial charge in [0.15, 0.2) is 0 Å². The molecule has 146 valence electrons. The van der Waals surface area contributed by atoms with Crippen molar-refractivity contribution in [2.24, 2.45) is 5.73 Å². The molecule has 0 spiro atoms. The summed E-state index contributed by atoms with van der Waals surface area (Å²) in [4.78, 5) is 0. The molecule has 0 aromatic rings. The molecule has 26 heavy (non-hydrogen) atoms. The van der Waals surface area contributed by atoms with Crippen LogP contribution in [0, 0.1) is 0 Å². The summed E-state index contributed by atoms with van der Waals surface area (Å²) in [5, 5.41) is 3.08. The fourth-order valence-corrected chi connectivity index (χ4v) is 2.37. The van der Waals surface area contributed by atoms with Gasteiger partial charge >= 0.3 is 0 Å². The maximum absolute atomic E-state index is 5.37. The Morgan fingerprint density at radius 1 is 0.615 bits per heavy atom. The van der Waals surface area contributed by atoms with E-state index in [2.05, 4.69) is 36.5 Å². The van der Waals surface area contributed by atoms with Gasteiger partial charge in [-0.3, -0.25) is 0 Å². The van der Waals surface area contributed by atoms with Gasteiger partial charge in [0.25, 0.3) is 0 Å². The van der Waals surface area contributed by atoms with Crippen LogP contribution in [-0.2, 0) is 0 Å². The number of unbranched alkanes of at least 4 members (excludes halogenated alkanes) is 8. The van der Waals surface area contributed by atoms with Crippen molar-refractivity contribution in [3.8, 4) is 0 Å². The summed E-state index contributed by atoms with van der Waals surface area (Å²) in [5.74, 6) is 0. The Kier molecular flexibility index (Phi) is 21.6. The molecule has 0 aliphatic carbocycles. The van der Waals surface area contributed by atoms with Crippen LogP contribution in [0.1, 0.15) is 64.7 Å². The fraction of sp³-hybridized carbons (Fsp3) is 0.500. The predicted octanol–water partition coefficient (Wildman–Crippen LogP) is 6.36. The SMILES string of the molecule is CCCCCCCCCCC=CC=CC=CC=CC=CC=CNCCN. The zero-order valence-corrected chi connectivity index (χ0v) is 16.8. The zero-order valence-electron chi connectivity index (χ0n) is 16.8. The molecular weight excluding hydrogens is 316 g/mol. The molecule has 0 saturated heterocycles. The number of hydrogen-bond donors (Lipinski definition) is 2. The van der Waals surface area contributed by atoms with Crippen molar-refractivity contribution in [2.75, 3.05) is 13.1 Å². The minimum absolute atomic E-state index is 0.653. The normalized spacial score (nSPS) is 13.0. The van der Waals surface area contributed by atoms with Crippen molar-refractivity contribution in [2.45, 2.75) is 64.7 Å². The van der Waals surface area contributed by atoms with Crippen molar-refractivity contribution in [3.63, 3.8) is 0 Å². The lowest BCUT2D eigenvalue weighted by Gasteiger charge is -1.99. The van der Waals surface area contributed by atoms with Crippen molar-refractivity contribution < 1.29 is 0 Å². The Morgan fingerprint density at radius 3 is 1.69 bits per heavy atom. The lowest BCUT2D eigenvalue weighted by molar-refractivity contribution is 0.577. The molecule has 0 rings (SSSR count). The third kappa shape index (κ3) is 22.2. The summed E-state index contributed by atoms with van der Waals surface area (Å²) in [7, 11) is 0. The maximum atomic E-state index is 5.37. The number of allylic oxidation sites excluding steroid dienone is 11. The minimum atomic E-state index is 0.653. The molecule has 0 unspecified atom stereocenters. The summed E-state index contributed by atoms with van der Waals surface area (Å²) in [6.07, 6.45) is 36.8. The molecule has 0 bridgehead atoms. The molecule has 0 atom stereocenters. The van der Waals surface area contributed by atoms with Gasteiger partial charge in [0, 0.05) is 13.1 Å². The van der Waals surface area contributed by atoms with Crippen molar-refractivity contribution in [1.82, 2.24) is 5.32 Å². The van der Waals surface area contributed by atoms with Crippen LogP contribution in [0.25, 0.3) is 0 Å². The molecule has 2 heteroatoms. The molecule has 0 saturated carbocycles. The highest BCUT2D eigenvalue weighted by Gasteiger charge is 1.89. The van der Waals surface area contributed by atoms with E-state index in [1.165, 1.54) is 57.8 Å². The quantitative estimate of drug-likeness (QED) is 0.235. The minimum Gasteiger partial charge on any atom is -0.390 e. The number of hydrogen-bond acceptors (Lipinski definition) is 2. The number of nitrogens with two attached hydrogens (primary N) is 1. The average Bonchev–Trinajstić information content (AvgIpc) is 2.66. The molecule has 0 radical (unpaired) electrons. The van der Waals surface area contributed by atoms with E-state index >= 15 is 0 Å². The first-order valence-electron chi connectivity index (χ1n) is 10.3. The molecule has 3 N–H and O–H groups in total. The summed E-state index contributed by atoms with van der Waals surface area (Å²) in [6, 6.07) is 0. The molecule has 2 nitrogen and oxygen atoms in total. The summed E-state index contributed by atoms with van der Waals surface area (Å²) in [6.45, 7) is 3.73. The first-order valence-corrected chi connectivity index (χ1v) is 10.3. The molecule has 0 aliphatic heterocycles. The van der Waals surface area contributed by atoms with Crippen LogP contribution in [0.15, 0.2) is 73.0 Å². The first kappa shape index (κ1) is 24.2. The Morgan fingerprint density at radius 2 is 1.12 bits per heavy atom. The van der Waals surface area contributed by atoms with Crippen LogP contribution in [0.3, 0.4) is 0 Å². The monoisotopic (exact) mass is 356 g/mol. The second-order valence-corrected chi connectivity index (χ2v) is 6.33. The Bertz CT molecular complexity index is 439. The fourth-order valence-electron chi connectivity index (χ4n) is 2.37. The number of rotatable bonds is 17. The van der Waals surface area contributed by atoms with E-state index < -0.39 is 0 Å². The van der Waals surface area contributed by atoms with Crippen LogP contribution in [0.2, 0.25) is 0 Å². The number of nitrogens with one attached hydrogen (secondary N) is 1. The molecule has 0 amide bonds. The smallest absolute Gasteiger partial charge is 0.0264 e. The van der Waals surface area contributed by atoms with Crippen molar-refractivity contribution >= 4 is 0 Å². The van der Waals surface area contributed by atoms with Crippen molar-refractivity contribution in [3.05, 3.63) is 73.0 Å². The molecular formula is C24H40N2. The van der Waals surface area contributed by atoms with Crippen LogP contribution in [0.5, 0.6) is 0 Å². The van der Waals surface area contributed by atoms with Gasteiger partial charge in [-0.25, -0.2) is 0 Å². The topological polar surface area (TPSA) is 38.0 Å². The van der Waals surface area contributed by atoms with E-state index in [9.17, 15) is 0 Å². The van der Waals surface area contributed by atoms with Crippen LogP contribution in [-0.4, -0.2) is 13.1 Å². The van der Waals surface area contributed by atoms with Crippen LogP contribution in [0.4, 0.5) is 0 Å². The van der Waals surface area contributed by atoms with E-state index in [1.54, 1.807) is 0 Å². The van der Waals surface area contributed by atoms with Gasteiger partial charge < -0.3 is 11.1 Å². The lowest BCUT2D eigenvalue weighted by Crippen LogP contribution is -2.16. The van der Waals surface area contributed by atoms with Gasteiger partial charge in [-0.15, -0.1) is 0 Å². The summed E-state index contributed by atoms with van der Waals surface area (Å²) >= 11 is 0. The highest BCUT2D eigenvalue weighted by atomic mass is 14.8. The third-order valence-electron chi connectivity index (χ3n) is 3.86. The van der Waals surface area contributed by atoms with Gasteiger partial charge in [0.05, 0.1) is 0 Å². The second kappa shape index (κ2) is 23.2. The standard InChI is InChI=1S/C24H40N2/c1-2-3-4-5-6-7-8-9-10-11-12-13-14-15-16-17-18-19-20-21-23-26-24-22-25/h11-21,23,26H,2-10,22,24-25H2,1H3. The van der Waals surface area contributed by atoms with Gasteiger partial charge in [-0.1, -0.05) is 113 Å². The third-order valence-corrected chi connectivity index (χ3v) is 3.86. The second-order valence-electron chi connectivity index (χ2n) is 6.33. The highest BCUT2D eigenvalue weighted by molar-refractivity contribution is 5.19. The first-order chi connectivity index (χ1) is 12.9. The summed E-state index contributed by atoms with van der Waals surface area (Å²) in [5.41, 5.74) is 5.37. The highest BCUT2D eigenvalue weighted by Crippen LogP contribution is 2.09. The van der Waals surface area contributed by atoms with E-state index in [4.69, 9.17) is 5.73 Å². The van der Waals surface area contributed by atoms with E-state index in [0.29, 0.717) is 6.54 Å². The van der Waals surface area contributed by atoms with Gasteiger partial charge in [-0.05, 0) is 25.1 Å². The lowest BCUT2D eigenvalue weighted by atomic mass is 10.1. The van der Waals surface area contributed by atoms with Crippen LogP contribution < -0.4 is 11.1 Å². The van der Waals surface area contributed by atoms with Gasteiger partial charge in [0.1, 0.15) is 0 Å². The Labute approximate surface area is 162 Å². The molecule has 0 heterocycles. The predicted molar refractivity (Wildman–Crippen MR) is 119 cm³/mol. The molecule has 0 fully saturated rings. The largest absolute Gasteiger partial charge is 0.390 e. The Hall–Kier alpha value is -1.80. The van der Waals surface area contributed by atoms with Gasteiger partial charge in [0.2, 0.25) is 0 Å². The van der Waals surface area contributed by atoms with Crippen molar-refractivity contribution in [1.29, 1.82) is 0 Å². The maximum Gasteiger partial charge on any atom is 0.0264 e. The van der Waals surface area contributed by atoms with E-state index in [-0.39, 0.29) is 0 Å².